The molecule has 0 aromatic heterocycles. The zero-order valence-corrected chi connectivity index (χ0v) is 19.9. The first kappa shape index (κ1) is 25.6. The maximum Gasteiger partial charge on any atom is 0.251 e. The molecule has 0 fully saturated rings. The molecular formula is C20H36IN5O. The number of hydrogen-bond donors (Lipinski definition) is 3. The molecule has 6 nitrogen and oxygen atoms in total. The van der Waals surface area contributed by atoms with E-state index in [2.05, 4.69) is 55.7 Å². The summed E-state index contributed by atoms with van der Waals surface area (Å²) in [6.07, 6.45) is 0.830. The third-order valence-electron chi connectivity index (χ3n) is 3.88. The second-order valence-electron chi connectivity index (χ2n) is 7.55. The lowest BCUT2D eigenvalue weighted by Gasteiger charge is -2.26. The summed E-state index contributed by atoms with van der Waals surface area (Å²) in [6.45, 7) is 9.85. The Balaban J connectivity index is 0.00000676. The van der Waals surface area contributed by atoms with Crippen molar-refractivity contribution in [1.82, 2.24) is 20.9 Å². The van der Waals surface area contributed by atoms with E-state index in [1.807, 2.05) is 24.3 Å². The Morgan fingerprint density at radius 2 is 1.93 bits per heavy atom. The molecule has 0 spiro atoms. The third-order valence-corrected chi connectivity index (χ3v) is 3.88. The van der Waals surface area contributed by atoms with Gasteiger partial charge in [0.1, 0.15) is 0 Å². The van der Waals surface area contributed by atoms with E-state index in [-0.39, 0.29) is 35.3 Å². The van der Waals surface area contributed by atoms with Gasteiger partial charge in [0, 0.05) is 38.8 Å². The van der Waals surface area contributed by atoms with Crippen LogP contribution in [0.15, 0.2) is 29.3 Å². The van der Waals surface area contributed by atoms with Gasteiger partial charge in [0.15, 0.2) is 5.96 Å². The standard InChI is InChI=1S/C20H35N5O.HI/c1-7-22-19(24-14-20(2,3)15-25(5)6)23-12-11-16-9-8-10-17(13-16)18(26)21-4;/h8-10,13H,7,11-12,14-15H2,1-6H3,(H,21,26)(H2,22,23,24);1H. The highest BCUT2D eigenvalue weighted by Gasteiger charge is 2.18. The highest BCUT2D eigenvalue weighted by molar-refractivity contribution is 14.0. The highest BCUT2D eigenvalue weighted by atomic mass is 127. The minimum atomic E-state index is -0.0576. The Hall–Kier alpha value is -1.35. The maximum absolute atomic E-state index is 11.7. The number of rotatable bonds is 9. The summed E-state index contributed by atoms with van der Waals surface area (Å²) in [7, 11) is 5.82. The van der Waals surface area contributed by atoms with Crippen LogP contribution in [0.4, 0.5) is 0 Å². The zero-order chi connectivity index (χ0) is 19.6. The van der Waals surface area contributed by atoms with Crippen molar-refractivity contribution in [3.8, 4) is 0 Å². The van der Waals surface area contributed by atoms with Gasteiger partial charge in [-0.3, -0.25) is 9.79 Å². The third kappa shape index (κ3) is 10.5. The summed E-state index contributed by atoms with van der Waals surface area (Å²) < 4.78 is 0. The molecule has 0 aliphatic heterocycles. The average molecular weight is 489 g/mol. The van der Waals surface area contributed by atoms with Crippen LogP contribution in [0.5, 0.6) is 0 Å². The molecule has 0 saturated heterocycles. The van der Waals surface area contributed by atoms with E-state index in [1.54, 1.807) is 7.05 Å². The first-order chi connectivity index (χ1) is 12.3. The average Bonchev–Trinajstić information content (AvgIpc) is 2.58. The van der Waals surface area contributed by atoms with Gasteiger partial charge in [-0.2, -0.15) is 0 Å². The zero-order valence-electron chi connectivity index (χ0n) is 17.6. The first-order valence-electron chi connectivity index (χ1n) is 9.25. The fraction of sp³-hybridized carbons (Fsp3) is 0.600. The van der Waals surface area contributed by atoms with E-state index in [0.717, 1.165) is 44.1 Å². The van der Waals surface area contributed by atoms with Gasteiger partial charge in [-0.1, -0.05) is 26.0 Å². The molecule has 0 unspecified atom stereocenters. The molecule has 1 aromatic carbocycles. The normalized spacial score (nSPS) is 11.7. The molecule has 0 saturated carbocycles. The minimum Gasteiger partial charge on any atom is -0.357 e. The summed E-state index contributed by atoms with van der Waals surface area (Å²) in [6, 6.07) is 7.72. The van der Waals surface area contributed by atoms with Crippen molar-refractivity contribution < 1.29 is 4.79 Å². The molecule has 0 atom stereocenters. The van der Waals surface area contributed by atoms with Crippen molar-refractivity contribution in [3.63, 3.8) is 0 Å². The summed E-state index contributed by atoms with van der Waals surface area (Å²) in [5.41, 5.74) is 1.94. The van der Waals surface area contributed by atoms with Crippen molar-refractivity contribution in [2.75, 3.05) is 47.3 Å². The van der Waals surface area contributed by atoms with Crippen molar-refractivity contribution in [2.45, 2.75) is 27.2 Å². The number of carbonyl (C=O) groups is 1. The van der Waals surface area contributed by atoms with Gasteiger partial charge in [-0.05, 0) is 50.6 Å². The number of carbonyl (C=O) groups excluding carboxylic acids is 1. The lowest BCUT2D eigenvalue weighted by Crippen LogP contribution is -2.40. The van der Waals surface area contributed by atoms with Gasteiger partial charge in [-0.25, -0.2) is 0 Å². The van der Waals surface area contributed by atoms with E-state index in [0.29, 0.717) is 5.56 Å². The fourth-order valence-corrected chi connectivity index (χ4v) is 2.88. The van der Waals surface area contributed by atoms with Crippen molar-refractivity contribution in [1.29, 1.82) is 0 Å². The Morgan fingerprint density at radius 3 is 2.52 bits per heavy atom. The number of guanidine groups is 1. The van der Waals surface area contributed by atoms with Crippen LogP contribution >= 0.6 is 24.0 Å². The van der Waals surface area contributed by atoms with Gasteiger partial charge in [-0.15, -0.1) is 24.0 Å². The number of amides is 1. The van der Waals surface area contributed by atoms with Crippen LogP contribution in [-0.4, -0.2) is 64.1 Å². The molecule has 1 amide bonds. The lowest BCUT2D eigenvalue weighted by molar-refractivity contribution is 0.0963. The second-order valence-corrected chi connectivity index (χ2v) is 7.55. The van der Waals surface area contributed by atoms with Gasteiger partial charge < -0.3 is 20.9 Å². The Labute approximate surface area is 181 Å². The molecular weight excluding hydrogens is 453 g/mol. The van der Waals surface area contributed by atoms with Gasteiger partial charge in [0.05, 0.1) is 0 Å². The molecule has 27 heavy (non-hydrogen) atoms. The van der Waals surface area contributed by atoms with Gasteiger partial charge >= 0.3 is 0 Å². The molecule has 0 aliphatic rings. The summed E-state index contributed by atoms with van der Waals surface area (Å²) in [5.74, 6) is 0.777. The van der Waals surface area contributed by atoms with E-state index >= 15 is 0 Å². The van der Waals surface area contributed by atoms with E-state index in [4.69, 9.17) is 4.99 Å². The SMILES string of the molecule is CCNC(=NCC(C)(C)CN(C)C)NCCc1cccc(C(=O)NC)c1.I. The van der Waals surface area contributed by atoms with Crippen LogP contribution in [-0.2, 0) is 6.42 Å². The molecule has 0 radical (unpaired) electrons. The van der Waals surface area contributed by atoms with Gasteiger partial charge in [0.2, 0.25) is 0 Å². The highest BCUT2D eigenvalue weighted by Crippen LogP contribution is 2.16. The van der Waals surface area contributed by atoms with E-state index in [9.17, 15) is 4.79 Å². The summed E-state index contributed by atoms with van der Waals surface area (Å²) in [4.78, 5) is 18.7. The number of halogens is 1. The smallest absolute Gasteiger partial charge is 0.251 e. The second kappa shape index (κ2) is 12.9. The summed E-state index contributed by atoms with van der Waals surface area (Å²) >= 11 is 0. The van der Waals surface area contributed by atoms with E-state index < -0.39 is 0 Å². The lowest BCUT2D eigenvalue weighted by atomic mass is 9.93. The van der Waals surface area contributed by atoms with Gasteiger partial charge in [0.25, 0.3) is 5.91 Å². The Kier molecular flexibility index (Phi) is 12.3. The Morgan fingerprint density at radius 1 is 1.22 bits per heavy atom. The largest absolute Gasteiger partial charge is 0.357 e. The molecule has 0 heterocycles. The topological polar surface area (TPSA) is 68.8 Å². The molecule has 0 aliphatic carbocycles. The first-order valence-corrected chi connectivity index (χ1v) is 9.25. The monoisotopic (exact) mass is 489 g/mol. The van der Waals surface area contributed by atoms with Crippen LogP contribution in [0.1, 0.15) is 36.7 Å². The van der Waals surface area contributed by atoms with E-state index in [1.165, 1.54) is 0 Å². The van der Waals surface area contributed by atoms with Crippen molar-refractivity contribution in [3.05, 3.63) is 35.4 Å². The minimum absolute atomic E-state index is 0. The molecule has 1 aromatic rings. The van der Waals surface area contributed by atoms with Crippen molar-refractivity contribution in [2.24, 2.45) is 10.4 Å². The Bertz CT molecular complexity index is 602. The predicted molar refractivity (Wildman–Crippen MR) is 125 cm³/mol. The predicted octanol–water partition coefficient (Wildman–Crippen LogP) is 2.35. The van der Waals surface area contributed by atoms with Crippen LogP contribution < -0.4 is 16.0 Å². The van der Waals surface area contributed by atoms with Crippen LogP contribution in [0.3, 0.4) is 0 Å². The van der Waals surface area contributed by atoms with Crippen LogP contribution in [0, 0.1) is 5.41 Å². The number of nitrogens with zero attached hydrogens (tertiary/aromatic N) is 2. The summed E-state index contributed by atoms with van der Waals surface area (Å²) in [5, 5.41) is 9.33. The maximum atomic E-state index is 11.7. The number of aliphatic imine (C=N–C) groups is 1. The molecule has 0 bridgehead atoms. The van der Waals surface area contributed by atoms with Crippen molar-refractivity contribution >= 4 is 35.8 Å². The number of nitrogens with one attached hydrogen (secondary N) is 3. The number of hydrogen-bond acceptors (Lipinski definition) is 3. The quantitative estimate of drug-likeness (QED) is 0.283. The molecule has 154 valence electrons. The molecule has 1 rings (SSSR count). The fourth-order valence-electron chi connectivity index (χ4n) is 2.88. The van der Waals surface area contributed by atoms with Crippen LogP contribution in [0.25, 0.3) is 0 Å². The molecule has 7 heteroatoms. The number of benzene rings is 1. The van der Waals surface area contributed by atoms with Crippen LogP contribution in [0.2, 0.25) is 0 Å². The molecule has 3 N–H and O–H groups in total.